The lowest BCUT2D eigenvalue weighted by atomic mass is 10.1. The highest BCUT2D eigenvalue weighted by Crippen LogP contribution is 2.19. The van der Waals surface area contributed by atoms with Gasteiger partial charge in [0.15, 0.2) is 0 Å². The molecule has 1 saturated heterocycles. The summed E-state index contributed by atoms with van der Waals surface area (Å²) < 4.78 is 6.85. The zero-order valence-corrected chi connectivity index (χ0v) is 12.4. The molecule has 116 valence electrons. The van der Waals surface area contributed by atoms with E-state index in [0.717, 1.165) is 19.4 Å². The zero-order valence-electron chi connectivity index (χ0n) is 12.4. The molecule has 1 aliphatic rings. The second-order valence-electron chi connectivity index (χ2n) is 5.36. The molecule has 0 spiro atoms. The molecule has 0 saturated carbocycles. The summed E-state index contributed by atoms with van der Waals surface area (Å²) in [6, 6.07) is -0.699. The fourth-order valence-corrected chi connectivity index (χ4v) is 2.40. The van der Waals surface area contributed by atoms with Crippen LogP contribution in [0.5, 0.6) is 0 Å². The van der Waals surface area contributed by atoms with Gasteiger partial charge in [0.05, 0.1) is 17.1 Å². The van der Waals surface area contributed by atoms with E-state index >= 15 is 0 Å². The number of carbonyl (C=O) groups is 1. The largest absolute Gasteiger partial charge is 0.376 e. The highest BCUT2D eigenvalue weighted by atomic mass is 16.6. The average molecular weight is 296 g/mol. The van der Waals surface area contributed by atoms with Crippen molar-refractivity contribution in [1.29, 1.82) is 0 Å². The lowest BCUT2D eigenvalue weighted by Gasteiger charge is -2.22. The van der Waals surface area contributed by atoms with E-state index in [1.165, 1.54) is 10.9 Å². The van der Waals surface area contributed by atoms with Crippen molar-refractivity contribution in [2.75, 3.05) is 6.61 Å². The van der Waals surface area contributed by atoms with Gasteiger partial charge in [-0.3, -0.25) is 19.6 Å². The first-order chi connectivity index (χ1) is 9.90. The van der Waals surface area contributed by atoms with E-state index in [4.69, 9.17) is 4.74 Å². The standard InChI is InChI=1S/C13H20N4O4/c1-8-11(17(19)20)7-16(15-8)10(3)13(18)14-9(2)12-5-4-6-21-12/h7,9-10,12H,4-6H2,1-3H3,(H,14,18)/t9-,10+,12-/m0/s1. The van der Waals surface area contributed by atoms with Gasteiger partial charge in [0.1, 0.15) is 17.9 Å². The Morgan fingerprint density at radius 3 is 2.86 bits per heavy atom. The van der Waals surface area contributed by atoms with Crippen LogP contribution in [-0.2, 0) is 9.53 Å². The van der Waals surface area contributed by atoms with Crippen LogP contribution in [-0.4, -0.2) is 39.4 Å². The lowest BCUT2D eigenvalue weighted by molar-refractivity contribution is -0.385. The van der Waals surface area contributed by atoms with Crippen molar-refractivity contribution in [1.82, 2.24) is 15.1 Å². The van der Waals surface area contributed by atoms with Crippen molar-refractivity contribution in [3.63, 3.8) is 0 Å². The van der Waals surface area contributed by atoms with Gasteiger partial charge in [0.25, 0.3) is 0 Å². The maximum absolute atomic E-state index is 12.2. The molecule has 1 aliphatic heterocycles. The van der Waals surface area contributed by atoms with Crippen LogP contribution in [0.1, 0.15) is 38.4 Å². The first-order valence-electron chi connectivity index (χ1n) is 7.02. The number of hydrogen-bond donors (Lipinski definition) is 1. The smallest absolute Gasteiger partial charge is 0.309 e. The van der Waals surface area contributed by atoms with Gasteiger partial charge in [0.2, 0.25) is 5.91 Å². The van der Waals surface area contributed by atoms with Crippen molar-refractivity contribution < 1.29 is 14.5 Å². The molecule has 8 nitrogen and oxygen atoms in total. The third-order valence-corrected chi connectivity index (χ3v) is 3.76. The Balaban J connectivity index is 2.01. The summed E-state index contributed by atoms with van der Waals surface area (Å²) in [6.07, 6.45) is 3.26. The van der Waals surface area contributed by atoms with E-state index in [1.54, 1.807) is 13.8 Å². The lowest BCUT2D eigenvalue weighted by Crippen LogP contribution is -2.43. The number of carbonyl (C=O) groups excluding carboxylic acids is 1. The topological polar surface area (TPSA) is 99.3 Å². The summed E-state index contributed by atoms with van der Waals surface area (Å²) in [5.41, 5.74) is 0.216. The predicted octanol–water partition coefficient (Wildman–Crippen LogP) is 1.34. The highest BCUT2D eigenvalue weighted by molar-refractivity contribution is 5.80. The Hall–Kier alpha value is -1.96. The molecular weight excluding hydrogens is 276 g/mol. The molecule has 0 aliphatic carbocycles. The van der Waals surface area contributed by atoms with Crippen molar-refractivity contribution in [2.24, 2.45) is 0 Å². The minimum atomic E-state index is -0.610. The van der Waals surface area contributed by atoms with E-state index in [1.807, 2.05) is 6.92 Å². The monoisotopic (exact) mass is 296 g/mol. The van der Waals surface area contributed by atoms with Gasteiger partial charge in [-0.1, -0.05) is 0 Å². The SMILES string of the molecule is Cc1nn([C@H](C)C(=O)N[C@@H](C)[C@@H]2CCCO2)cc1[N+](=O)[O-]. The number of aromatic nitrogens is 2. The summed E-state index contributed by atoms with van der Waals surface area (Å²) in [5, 5.41) is 17.7. The number of nitrogens with one attached hydrogen (secondary N) is 1. The first kappa shape index (κ1) is 15.4. The van der Waals surface area contributed by atoms with E-state index < -0.39 is 11.0 Å². The third-order valence-electron chi connectivity index (χ3n) is 3.76. The highest BCUT2D eigenvalue weighted by Gasteiger charge is 2.27. The quantitative estimate of drug-likeness (QED) is 0.653. The van der Waals surface area contributed by atoms with Crippen LogP contribution in [0, 0.1) is 17.0 Å². The maximum Gasteiger partial charge on any atom is 0.309 e. The summed E-state index contributed by atoms with van der Waals surface area (Å²) in [5.74, 6) is -0.226. The van der Waals surface area contributed by atoms with Gasteiger partial charge >= 0.3 is 5.69 Å². The number of nitrogens with zero attached hydrogens (tertiary/aromatic N) is 3. The van der Waals surface area contributed by atoms with E-state index in [2.05, 4.69) is 10.4 Å². The van der Waals surface area contributed by atoms with Crippen LogP contribution in [0.3, 0.4) is 0 Å². The Bertz CT molecular complexity index is 536. The molecule has 0 radical (unpaired) electrons. The molecule has 0 bridgehead atoms. The fraction of sp³-hybridized carbons (Fsp3) is 0.692. The van der Waals surface area contributed by atoms with Crippen LogP contribution in [0.2, 0.25) is 0 Å². The maximum atomic E-state index is 12.2. The van der Waals surface area contributed by atoms with Crippen molar-refractivity contribution >= 4 is 11.6 Å². The van der Waals surface area contributed by atoms with E-state index in [-0.39, 0.29) is 23.7 Å². The minimum Gasteiger partial charge on any atom is -0.376 e. The van der Waals surface area contributed by atoms with Crippen molar-refractivity contribution in [3.8, 4) is 0 Å². The Morgan fingerprint density at radius 1 is 1.62 bits per heavy atom. The zero-order chi connectivity index (χ0) is 15.6. The van der Waals surface area contributed by atoms with Crippen LogP contribution in [0.4, 0.5) is 5.69 Å². The van der Waals surface area contributed by atoms with Gasteiger partial charge < -0.3 is 10.1 Å². The molecule has 1 amide bonds. The summed E-state index contributed by atoms with van der Waals surface area (Å²) in [6.45, 7) is 5.84. The molecule has 2 heterocycles. The van der Waals surface area contributed by atoms with Gasteiger partial charge in [-0.25, -0.2) is 0 Å². The van der Waals surface area contributed by atoms with Crippen LogP contribution in [0.25, 0.3) is 0 Å². The first-order valence-corrected chi connectivity index (χ1v) is 7.02. The molecule has 21 heavy (non-hydrogen) atoms. The molecule has 0 aromatic carbocycles. The second kappa shape index (κ2) is 6.21. The number of nitro groups is 1. The number of rotatable bonds is 5. The molecule has 2 rings (SSSR count). The summed E-state index contributed by atoms with van der Waals surface area (Å²) in [7, 11) is 0. The fourth-order valence-electron chi connectivity index (χ4n) is 2.40. The molecule has 1 N–H and O–H groups in total. The number of aryl methyl sites for hydroxylation is 1. The number of ether oxygens (including phenoxy) is 1. The predicted molar refractivity (Wildman–Crippen MR) is 74.9 cm³/mol. The Kier molecular flexibility index (Phi) is 4.56. The number of amides is 1. The summed E-state index contributed by atoms with van der Waals surface area (Å²) >= 11 is 0. The van der Waals surface area contributed by atoms with E-state index in [9.17, 15) is 14.9 Å². The van der Waals surface area contributed by atoms with Gasteiger partial charge in [-0.05, 0) is 33.6 Å². The average Bonchev–Trinajstić information content (AvgIpc) is 3.06. The van der Waals surface area contributed by atoms with Gasteiger partial charge in [0, 0.05) is 6.61 Å². The molecule has 1 aromatic rings. The van der Waals surface area contributed by atoms with Crippen LogP contribution < -0.4 is 5.32 Å². The number of hydrogen-bond acceptors (Lipinski definition) is 5. The van der Waals surface area contributed by atoms with Crippen LogP contribution >= 0.6 is 0 Å². The van der Waals surface area contributed by atoms with Gasteiger partial charge in [-0.15, -0.1) is 0 Å². The Morgan fingerprint density at radius 2 is 2.33 bits per heavy atom. The van der Waals surface area contributed by atoms with Crippen molar-refractivity contribution in [3.05, 3.63) is 22.0 Å². The molecule has 0 unspecified atom stereocenters. The van der Waals surface area contributed by atoms with Gasteiger partial charge in [-0.2, -0.15) is 5.10 Å². The molecule has 1 aromatic heterocycles. The molecule has 8 heteroatoms. The van der Waals surface area contributed by atoms with E-state index in [0.29, 0.717) is 5.69 Å². The molecule has 3 atom stereocenters. The summed E-state index contributed by atoms with van der Waals surface area (Å²) in [4.78, 5) is 22.5. The Labute approximate surface area is 122 Å². The van der Waals surface area contributed by atoms with Crippen LogP contribution in [0.15, 0.2) is 6.20 Å². The van der Waals surface area contributed by atoms with Crippen molar-refractivity contribution in [2.45, 2.75) is 51.8 Å². The normalized spacial score (nSPS) is 21.0. The minimum absolute atomic E-state index is 0.0369. The second-order valence-corrected chi connectivity index (χ2v) is 5.36. The molecule has 1 fully saturated rings. The molecular formula is C13H20N4O4. The third kappa shape index (κ3) is 3.38.